The minimum absolute atomic E-state index is 0.0664. The average Bonchev–Trinajstić information content (AvgIpc) is 3.54. The van der Waals surface area contributed by atoms with Crippen LogP contribution in [0.3, 0.4) is 0 Å². The summed E-state index contributed by atoms with van der Waals surface area (Å²) in [6, 6.07) is 0. The molecular formula is C44H76O4P+. The number of hydrogen-bond acceptors (Lipinski definition) is 4. The molecule has 0 aromatic rings. The van der Waals surface area contributed by atoms with Crippen LogP contribution < -0.4 is 0 Å². The molecule has 0 amide bonds. The molecule has 0 bridgehead atoms. The average molecular weight is 700 g/mol. The first-order chi connectivity index (χ1) is 23.5. The number of unbranched alkanes of at least 4 members (excludes halogenated alkanes) is 4. The van der Waals surface area contributed by atoms with E-state index < -0.39 is 7.26 Å². The number of allylic oxidation sites excluding steroid dienone is 1. The Balaban J connectivity index is 1.01. The van der Waals surface area contributed by atoms with Gasteiger partial charge in [0.25, 0.3) is 0 Å². The van der Waals surface area contributed by atoms with Gasteiger partial charge in [-0.2, -0.15) is 0 Å². The second kappa shape index (κ2) is 15.9. The second-order valence-electron chi connectivity index (χ2n) is 18.9. The van der Waals surface area contributed by atoms with Crippen molar-refractivity contribution in [3.8, 4) is 0 Å². The van der Waals surface area contributed by atoms with Crippen LogP contribution in [0.15, 0.2) is 11.6 Å². The SMILES string of the molecule is CCCC[P+](CCCC)(CCCC)CCCCC(=O)O[C@H]1CC[C@@]2(C)C(=CC[C@H]3[C@@H]4C[C@@H]5O[C@]6(CC[C@@H](C)CO6)[C@@H](C)[C@@H]5[C@@]4(C)CC[C@@H]32)C1. The first kappa shape index (κ1) is 38.3. The molecule has 2 heterocycles. The lowest BCUT2D eigenvalue weighted by Gasteiger charge is -2.58. The van der Waals surface area contributed by atoms with E-state index in [1.807, 2.05) is 0 Å². The van der Waals surface area contributed by atoms with Crippen molar-refractivity contribution in [3.63, 3.8) is 0 Å². The van der Waals surface area contributed by atoms with Gasteiger partial charge in [-0.3, -0.25) is 4.79 Å². The molecule has 6 aliphatic rings. The molecule has 6 rings (SSSR count). The lowest BCUT2D eigenvalue weighted by atomic mass is 9.47. The minimum atomic E-state index is -0.879. The fourth-order valence-corrected chi connectivity index (χ4v) is 18.1. The van der Waals surface area contributed by atoms with Crippen LogP contribution in [-0.2, 0) is 19.0 Å². The van der Waals surface area contributed by atoms with Crippen molar-refractivity contribution in [2.75, 3.05) is 31.3 Å². The Kier molecular flexibility index (Phi) is 12.4. The maximum absolute atomic E-state index is 13.2. The fourth-order valence-electron chi connectivity index (χ4n) is 12.9. The molecule has 280 valence electrons. The van der Waals surface area contributed by atoms with E-state index in [1.165, 1.54) is 108 Å². The summed E-state index contributed by atoms with van der Waals surface area (Å²) in [7, 11) is -0.879. The fraction of sp³-hybridized carbons (Fsp3) is 0.932. The highest BCUT2D eigenvalue weighted by molar-refractivity contribution is 7.75. The van der Waals surface area contributed by atoms with Gasteiger partial charge in [0.1, 0.15) is 6.10 Å². The van der Waals surface area contributed by atoms with E-state index in [9.17, 15) is 4.79 Å². The van der Waals surface area contributed by atoms with Crippen LogP contribution in [0.25, 0.3) is 0 Å². The predicted molar refractivity (Wildman–Crippen MR) is 207 cm³/mol. The summed E-state index contributed by atoms with van der Waals surface area (Å²) >= 11 is 0. The number of hydrogen-bond donors (Lipinski definition) is 0. The highest BCUT2D eigenvalue weighted by Gasteiger charge is 2.68. The van der Waals surface area contributed by atoms with Gasteiger partial charge in [-0.25, -0.2) is 0 Å². The molecule has 1 spiro atoms. The summed E-state index contributed by atoms with van der Waals surface area (Å²) in [5, 5.41) is 0. The summed E-state index contributed by atoms with van der Waals surface area (Å²) in [6.07, 6.45) is 30.5. The Labute approximate surface area is 302 Å². The largest absolute Gasteiger partial charge is 0.462 e. The molecule has 2 saturated heterocycles. The zero-order valence-electron chi connectivity index (χ0n) is 33.0. The van der Waals surface area contributed by atoms with Crippen molar-refractivity contribution in [1.82, 2.24) is 0 Å². The van der Waals surface area contributed by atoms with Gasteiger partial charge in [0, 0.05) is 32.4 Å². The van der Waals surface area contributed by atoms with E-state index in [1.54, 1.807) is 5.57 Å². The highest BCUT2D eigenvalue weighted by atomic mass is 31.2. The van der Waals surface area contributed by atoms with Gasteiger partial charge in [0.2, 0.25) is 0 Å². The third-order valence-corrected chi connectivity index (χ3v) is 20.9. The van der Waals surface area contributed by atoms with Crippen molar-refractivity contribution in [1.29, 1.82) is 0 Å². The maximum atomic E-state index is 13.2. The Morgan fingerprint density at radius 3 is 2.22 bits per heavy atom. The molecule has 4 aliphatic carbocycles. The lowest BCUT2D eigenvalue weighted by molar-refractivity contribution is -0.272. The molecule has 0 N–H and O–H groups in total. The van der Waals surface area contributed by atoms with Crippen LogP contribution in [0.1, 0.15) is 164 Å². The molecule has 0 aromatic heterocycles. The zero-order valence-corrected chi connectivity index (χ0v) is 33.9. The summed E-state index contributed by atoms with van der Waals surface area (Å²) in [5.41, 5.74) is 2.24. The van der Waals surface area contributed by atoms with Crippen LogP contribution in [0, 0.1) is 46.3 Å². The van der Waals surface area contributed by atoms with E-state index in [-0.39, 0.29) is 23.3 Å². The maximum Gasteiger partial charge on any atom is 0.306 e. The van der Waals surface area contributed by atoms with Gasteiger partial charge in [0.05, 0.1) is 37.4 Å². The van der Waals surface area contributed by atoms with Gasteiger partial charge in [0.15, 0.2) is 5.79 Å². The Morgan fingerprint density at radius 1 is 0.878 bits per heavy atom. The van der Waals surface area contributed by atoms with E-state index in [4.69, 9.17) is 14.2 Å². The zero-order chi connectivity index (χ0) is 34.9. The number of fused-ring (bicyclic) bond motifs is 7. The van der Waals surface area contributed by atoms with E-state index in [0.29, 0.717) is 35.7 Å². The van der Waals surface area contributed by atoms with Gasteiger partial charge in [-0.05, 0) is 117 Å². The lowest BCUT2D eigenvalue weighted by Crippen LogP contribution is -2.52. The van der Waals surface area contributed by atoms with Crippen molar-refractivity contribution in [2.45, 2.75) is 182 Å². The smallest absolute Gasteiger partial charge is 0.306 e. The summed E-state index contributed by atoms with van der Waals surface area (Å²) < 4.78 is 19.8. The predicted octanol–water partition coefficient (Wildman–Crippen LogP) is 11.9. The normalized spacial score (nSPS) is 41.5. The molecule has 2 aliphatic heterocycles. The van der Waals surface area contributed by atoms with Crippen LogP contribution in [0.5, 0.6) is 0 Å². The molecule has 0 unspecified atom stereocenters. The molecule has 0 aromatic carbocycles. The minimum Gasteiger partial charge on any atom is -0.462 e. The Bertz CT molecular complexity index is 1120. The van der Waals surface area contributed by atoms with Gasteiger partial charge in [-0.15, -0.1) is 0 Å². The summed E-state index contributed by atoms with van der Waals surface area (Å²) in [6.45, 7) is 17.9. The topological polar surface area (TPSA) is 44.8 Å². The molecule has 0 radical (unpaired) electrons. The molecule has 49 heavy (non-hydrogen) atoms. The third-order valence-electron chi connectivity index (χ3n) is 15.8. The van der Waals surface area contributed by atoms with Crippen molar-refractivity contribution >= 4 is 13.2 Å². The van der Waals surface area contributed by atoms with E-state index in [0.717, 1.165) is 50.0 Å². The third kappa shape index (κ3) is 7.52. The Hall–Kier alpha value is -0.440. The van der Waals surface area contributed by atoms with Gasteiger partial charge in [-0.1, -0.05) is 79.4 Å². The number of rotatable bonds is 15. The first-order valence-electron chi connectivity index (χ1n) is 21.6. The number of ether oxygens (including phenoxy) is 3. The van der Waals surface area contributed by atoms with Gasteiger partial charge < -0.3 is 14.2 Å². The van der Waals surface area contributed by atoms with E-state index >= 15 is 0 Å². The monoisotopic (exact) mass is 700 g/mol. The summed E-state index contributed by atoms with van der Waals surface area (Å²) in [4.78, 5) is 13.2. The summed E-state index contributed by atoms with van der Waals surface area (Å²) in [5.74, 6) is 3.78. The molecule has 11 atom stereocenters. The highest BCUT2D eigenvalue weighted by Crippen LogP contribution is 2.70. The number of esters is 1. The molecule has 5 heteroatoms. The van der Waals surface area contributed by atoms with Crippen molar-refractivity contribution in [3.05, 3.63) is 11.6 Å². The van der Waals surface area contributed by atoms with Crippen LogP contribution in [-0.4, -0.2) is 55.2 Å². The Morgan fingerprint density at radius 2 is 1.57 bits per heavy atom. The van der Waals surface area contributed by atoms with Crippen LogP contribution >= 0.6 is 7.26 Å². The number of carbonyl (C=O) groups excluding carboxylic acids is 1. The van der Waals surface area contributed by atoms with Crippen molar-refractivity contribution < 1.29 is 19.0 Å². The van der Waals surface area contributed by atoms with E-state index in [2.05, 4.69) is 54.5 Å². The second-order valence-corrected chi connectivity index (χ2v) is 23.4. The van der Waals surface area contributed by atoms with Gasteiger partial charge >= 0.3 is 5.97 Å². The quantitative estimate of drug-likeness (QED) is 0.0739. The molecule has 5 fully saturated rings. The molecular weight excluding hydrogens is 623 g/mol. The van der Waals surface area contributed by atoms with Crippen molar-refractivity contribution in [2.24, 2.45) is 46.3 Å². The standard InChI is InChI=1S/C44H76O4P/c1-8-11-25-49(26-12-9-2,27-13-10-3)28-15-14-16-40(45)47-35-20-22-42(6)34(29-35)17-18-36-37(42)21-23-43(7)38(36)30-39-41(43)33(5)44(48-39)24-19-32(4)31-46-44/h17,32-33,35-39,41H,8-16,18-31H2,1-7H3/q+1/t32-,33+,35+,36-,37+,38+,39+,41+,42+,43+,44-/m1/s1. The van der Waals surface area contributed by atoms with Crippen LogP contribution in [0.2, 0.25) is 0 Å². The molecule has 4 nitrogen and oxygen atoms in total. The van der Waals surface area contributed by atoms with Crippen LogP contribution in [0.4, 0.5) is 0 Å². The first-order valence-corrected chi connectivity index (χ1v) is 24.1. The number of carbonyl (C=O) groups is 1. The molecule has 3 saturated carbocycles.